The average Bonchev–Trinajstić information content (AvgIpc) is 2.96. The van der Waals surface area contributed by atoms with Crippen molar-refractivity contribution in [3.8, 4) is 17.2 Å². The van der Waals surface area contributed by atoms with Crippen LogP contribution in [0.25, 0.3) is 0 Å². The summed E-state index contributed by atoms with van der Waals surface area (Å²) in [6.45, 7) is 3.92. The molecular weight excluding hydrogens is 266 g/mol. The molecule has 1 heterocycles. The van der Waals surface area contributed by atoms with Crippen LogP contribution in [-0.2, 0) is 0 Å². The van der Waals surface area contributed by atoms with Gasteiger partial charge < -0.3 is 19.5 Å². The number of ether oxygens (including phenoxy) is 3. The normalized spacial score (nSPS) is 12.2. The zero-order chi connectivity index (χ0) is 14.5. The van der Waals surface area contributed by atoms with Gasteiger partial charge in [0, 0.05) is 18.3 Å². The number of fused-ring (bicyclic) bond motifs is 1. The summed E-state index contributed by atoms with van der Waals surface area (Å²) < 4.78 is 16.3. The van der Waals surface area contributed by atoms with Crippen molar-refractivity contribution >= 4 is 5.69 Å². The van der Waals surface area contributed by atoms with Crippen LogP contribution in [0, 0.1) is 6.92 Å². The smallest absolute Gasteiger partial charge is 0.231 e. The van der Waals surface area contributed by atoms with Crippen molar-refractivity contribution in [3.05, 3.63) is 48.0 Å². The van der Waals surface area contributed by atoms with E-state index in [9.17, 15) is 0 Å². The van der Waals surface area contributed by atoms with E-state index in [1.807, 2.05) is 30.3 Å². The highest BCUT2D eigenvalue weighted by molar-refractivity contribution is 5.55. The molecule has 4 nitrogen and oxygen atoms in total. The minimum absolute atomic E-state index is 0.309. The van der Waals surface area contributed by atoms with Crippen LogP contribution < -0.4 is 19.5 Å². The molecule has 4 heteroatoms. The summed E-state index contributed by atoms with van der Waals surface area (Å²) >= 11 is 0. The molecule has 1 N–H and O–H groups in total. The maximum Gasteiger partial charge on any atom is 0.231 e. The van der Waals surface area contributed by atoms with E-state index >= 15 is 0 Å². The molecule has 0 saturated carbocycles. The lowest BCUT2D eigenvalue weighted by molar-refractivity contribution is 0.174. The van der Waals surface area contributed by atoms with Gasteiger partial charge in [0.15, 0.2) is 11.5 Å². The maximum atomic E-state index is 5.69. The van der Waals surface area contributed by atoms with Crippen molar-refractivity contribution in [2.45, 2.75) is 13.3 Å². The molecular formula is C17H19NO3. The van der Waals surface area contributed by atoms with Gasteiger partial charge in [0.2, 0.25) is 6.79 Å². The van der Waals surface area contributed by atoms with Gasteiger partial charge in [0.05, 0.1) is 6.61 Å². The quantitative estimate of drug-likeness (QED) is 0.823. The summed E-state index contributed by atoms with van der Waals surface area (Å²) in [5.41, 5.74) is 2.28. The van der Waals surface area contributed by atoms with Gasteiger partial charge in [-0.1, -0.05) is 17.7 Å². The van der Waals surface area contributed by atoms with Crippen molar-refractivity contribution in [1.29, 1.82) is 0 Å². The Balaban J connectivity index is 1.39. The van der Waals surface area contributed by atoms with E-state index < -0.39 is 0 Å². The topological polar surface area (TPSA) is 39.7 Å². The van der Waals surface area contributed by atoms with Crippen molar-refractivity contribution in [2.24, 2.45) is 0 Å². The first-order chi connectivity index (χ1) is 10.3. The van der Waals surface area contributed by atoms with E-state index in [-0.39, 0.29) is 0 Å². The maximum absolute atomic E-state index is 5.69. The lowest BCUT2D eigenvalue weighted by atomic mass is 10.2. The Morgan fingerprint density at radius 2 is 1.86 bits per heavy atom. The highest BCUT2D eigenvalue weighted by atomic mass is 16.7. The van der Waals surface area contributed by atoms with Crippen molar-refractivity contribution in [2.75, 3.05) is 25.3 Å². The van der Waals surface area contributed by atoms with Gasteiger partial charge >= 0.3 is 0 Å². The highest BCUT2D eigenvalue weighted by Crippen LogP contribution is 2.34. The van der Waals surface area contributed by atoms with Gasteiger partial charge in [-0.25, -0.2) is 0 Å². The van der Waals surface area contributed by atoms with Crippen LogP contribution in [0.5, 0.6) is 17.2 Å². The van der Waals surface area contributed by atoms with Crippen LogP contribution in [0.1, 0.15) is 12.0 Å². The third kappa shape index (κ3) is 3.60. The van der Waals surface area contributed by atoms with E-state index in [0.717, 1.165) is 35.9 Å². The molecule has 1 aliphatic rings. The Kier molecular flexibility index (Phi) is 4.15. The van der Waals surface area contributed by atoms with Gasteiger partial charge in [0.25, 0.3) is 0 Å². The summed E-state index contributed by atoms with van der Waals surface area (Å²) in [5, 5.41) is 3.35. The predicted octanol–water partition coefficient (Wildman–Crippen LogP) is 3.60. The third-order valence-electron chi connectivity index (χ3n) is 3.31. The largest absolute Gasteiger partial charge is 0.494 e. The summed E-state index contributed by atoms with van der Waals surface area (Å²) in [7, 11) is 0. The Bertz CT molecular complexity index is 595. The van der Waals surface area contributed by atoms with Crippen LogP contribution >= 0.6 is 0 Å². The zero-order valence-electron chi connectivity index (χ0n) is 12.1. The monoisotopic (exact) mass is 285 g/mol. The third-order valence-corrected chi connectivity index (χ3v) is 3.31. The number of hydrogen-bond acceptors (Lipinski definition) is 4. The first-order valence-electron chi connectivity index (χ1n) is 7.14. The standard InChI is InChI=1S/C17H19NO3/c1-13-3-6-15(7-4-13)19-10-2-9-18-14-5-8-16-17(11-14)21-12-20-16/h3-8,11,18H,2,9-10,12H2,1H3. The fourth-order valence-electron chi connectivity index (χ4n) is 2.14. The molecule has 0 unspecified atom stereocenters. The molecule has 0 aliphatic carbocycles. The minimum Gasteiger partial charge on any atom is -0.494 e. The number of benzene rings is 2. The fourth-order valence-corrected chi connectivity index (χ4v) is 2.14. The molecule has 21 heavy (non-hydrogen) atoms. The van der Waals surface area contributed by atoms with Crippen LogP contribution in [0.15, 0.2) is 42.5 Å². The van der Waals surface area contributed by atoms with E-state index in [4.69, 9.17) is 14.2 Å². The zero-order valence-corrected chi connectivity index (χ0v) is 12.1. The van der Waals surface area contributed by atoms with Gasteiger partial charge in [-0.05, 0) is 37.6 Å². The predicted molar refractivity (Wildman–Crippen MR) is 82.3 cm³/mol. The van der Waals surface area contributed by atoms with Crippen LogP contribution in [0.4, 0.5) is 5.69 Å². The highest BCUT2D eigenvalue weighted by Gasteiger charge is 2.12. The van der Waals surface area contributed by atoms with E-state index in [0.29, 0.717) is 13.4 Å². The molecule has 0 amide bonds. The summed E-state index contributed by atoms with van der Waals surface area (Å²) in [6, 6.07) is 14.0. The van der Waals surface area contributed by atoms with Gasteiger partial charge in [-0.3, -0.25) is 0 Å². The number of nitrogens with one attached hydrogen (secondary N) is 1. The van der Waals surface area contributed by atoms with Crippen LogP contribution in [-0.4, -0.2) is 19.9 Å². The first kappa shape index (κ1) is 13.6. The second kappa shape index (κ2) is 6.39. The molecule has 3 rings (SSSR count). The first-order valence-corrected chi connectivity index (χ1v) is 7.14. The van der Waals surface area contributed by atoms with Crippen LogP contribution in [0.3, 0.4) is 0 Å². The number of aryl methyl sites for hydroxylation is 1. The van der Waals surface area contributed by atoms with Crippen molar-refractivity contribution < 1.29 is 14.2 Å². The summed E-state index contributed by atoms with van der Waals surface area (Å²) in [6.07, 6.45) is 0.933. The summed E-state index contributed by atoms with van der Waals surface area (Å²) in [5.74, 6) is 2.53. The SMILES string of the molecule is Cc1ccc(OCCCNc2ccc3c(c2)OCO3)cc1. The number of anilines is 1. The lowest BCUT2D eigenvalue weighted by Gasteiger charge is -2.09. The Morgan fingerprint density at radius 1 is 1.05 bits per heavy atom. The number of rotatable bonds is 6. The molecule has 0 fully saturated rings. The lowest BCUT2D eigenvalue weighted by Crippen LogP contribution is -2.07. The van der Waals surface area contributed by atoms with E-state index in [2.05, 4.69) is 24.4 Å². The van der Waals surface area contributed by atoms with E-state index in [1.165, 1.54) is 5.56 Å². The number of hydrogen-bond donors (Lipinski definition) is 1. The Morgan fingerprint density at radius 3 is 2.71 bits per heavy atom. The summed E-state index contributed by atoms with van der Waals surface area (Å²) in [4.78, 5) is 0. The molecule has 0 spiro atoms. The molecule has 0 aromatic heterocycles. The second-order valence-electron chi connectivity index (χ2n) is 5.01. The van der Waals surface area contributed by atoms with E-state index in [1.54, 1.807) is 0 Å². The minimum atomic E-state index is 0.309. The average molecular weight is 285 g/mol. The molecule has 0 bridgehead atoms. The fraction of sp³-hybridized carbons (Fsp3) is 0.294. The van der Waals surface area contributed by atoms with Gasteiger partial charge in [0.1, 0.15) is 5.75 Å². The molecule has 2 aromatic rings. The molecule has 0 radical (unpaired) electrons. The Hall–Kier alpha value is -2.36. The van der Waals surface area contributed by atoms with Crippen LogP contribution in [0.2, 0.25) is 0 Å². The van der Waals surface area contributed by atoms with Gasteiger partial charge in [-0.15, -0.1) is 0 Å². The van der Waals surface area contributed by atoms with Crippen molar-refractivity contribution in [3.63, 3.8) is 0 Å². The Labute approximate surface area is 124 Å². The molecule has 1 aliphatic heterocycles. The van der Waals surface area contributed by atoms with Crippen molar-refractivity contribution in [1.82, 2.24) is 0 Å². The molecule has 0 saturated heterocycles. The molecule has 2 aromatic carbocycles. The molecule has 110 valence electrons. The van der Waals surface area contributed by atoms with Gasteiger partial charge in [-0.2, -0.15) is 0 Å². The molecule has 0 atom stereocenters. The second-order valence-corrected chi connectivity index (χ2v) is 5.01.